The minimum Gasteiger partial charge on any atom is -0.423 e. The first kappa shape index (κ1) is 28.2. The first-order chi connectivity index (χ1) is 16.1. The molecule has 2 aromatic heterocycles. The Kier molecular flexibility index (Phi) is 11.4. The van der Waals surface area contributed by atoms with E-state index in [1.165, 1.54) is 6.07 Å². The van der Waals surface area contributed by atoms with Crippen LogP contribution in [0.1, 0.15) is 0 Å². The van der Waals surface area contributed by atoms with Gasteiger partial charge in [0.05, 0.1) is 24.6 Å². The van der Waals surface area contributed by atoms with Crippen LogP contribution in [0.3, 0.4) is 0 Å². The molecule has 34 heavy (non-hydrogen) atoms. The van der Waals surface area contributed by atoms with Gasteiger partial charge in [0, 0.05) is 52.8 Å². The van der Waals surface area contributed by atoms with Gasteiger partial charge in [0.25, 0.3) is 0 Å². The SMILES string of the molecule is Nc1ccncc1-c1cccc(Cl)c1Cl.Nc1ccncc1Br.OB(O)c1cccc(Cl)c1Cl. The molecule has 4 aromatic rings. The molecular weight excluding hydrogens is 585 g/mol. The van der Waals surface area contributed by atoms with Crippen molar-refractivity contribution in [2.45, 2.75) is 0 Å². The van der Waals surface area contributed by atoms with Crippen LogP contribution in [0, 0.1) is 0 Å². The van der Waals surface area contributed by atoms with Crippen LogP contribution in [0.5, 0.6) is 0 Å². The number of nitrogens with zero attached hydrogens (tertiary/aromatic N) is 2. The number of benzene rings is 2. The van der Waals surface area contributed by atoms with Gasteiger partial charge in [0.15, 0.2) is 0 Å². The van der Waals surface area contributed by atoms with Gasteiger partial charge in [-0.05, 0) is 40.2 Å². The summed E-state index contributed by atoms with van der Waals surface area (Å²) in [4.78, 5) is 7.83. The van der Waals surface area contributed by atoms with Crippen LogP contribution in [0.2, 0.25) is 20.1 Å². The number of hydrogen-bond acceptors (Lipinski definition) is 6. The van der Waals surface area contributed by atoms with E-state index in [-0.39, 0.29) is 10.5 Å². The molecule has 0 fully saturated rings. The Balaban J connectivity index is 0.000000190. The number of rotatable bonds is 2. The second-order valence-electron chi connectivity index (χ2n) is 6.48. The molecule has 0 unspecified atom stereocenters. The van der Waals surface area contributed by atoms with Crippen molar-refractivity contribution >= 4 is 86.3 Å². The first-order valence-electron chi connectivity index (χ1n) is 9.42. The third-order valence-corrected chi connectivity index (χ3v) is 6.48. The van der Waals surface area contributed by atoms with E-state index in [1.807, 2.05) is 12.1 Å². The van der Waals surface area contributed by atoms with Gasteiger partial charge >= 0.3 is 7.12 Å². The van der Waals surface area contributed by atoms with E-state index in [4.69, 9.17) is 67.9 Å². The van der Waals surface area contributed by atoms with Crippen LogP contribution in [-0.4, -0.2) is 27.1 Å². The van der Waals surface area contributed by atoms with E-state index in [0.717, 1.165) is 21.3 Å². The van der Waals surface area contributed by atoms with Crippen molar-refractivity contribution in [2.24, 2.45) is 0 Å². The standard InChI is InChI=1S/C11H8Cl2N2.C6H5BCl2O2.C5H5BrN2/c12-9-3-1-2-7(11(9)13)8-6-15-5-4-10(8)14;8-5-3-1-2-4(6(5)9)7(10)11;6-4-3-8-2-1-5(4)7/h1-6H,(H2,14,15);1-3,10-11H;1-3H,(H2,7,8). The minimum atomic E-state index is -1.57. The molecule has 0 atom stereocenters. The number of pyridine rings is 2. The second-order valence-corrected chi connectivity index (χ2v) is 8.90. The van der Waals surface area contributed by atoms with Crippen LogP contribution in [0.4, 0.5) is 11.4 Å². The molecular formula is C22H18BBrCl4N4O2. The van der Waals surface area contributed by atoms with Crippen LogP contribution in [0.15, 0.2) is 77.8 Å². The molecule has 0 saturated carbocycles. The fraction of sp³-hybridized carbons (Fsp3) is 0. The molecule has 0 aliphatic rings. The predicted octanol–water partition coefficient (Wildman–Crippen LogP) is 5.74. The number of anilines is 2. The lowest BCUT2D eigenvalue weighted by molar-refractivity contribution is 0.426. The van der Waals surface area contributed by atoms with Crippen molar-refractivity contribution in [1.82, 2.24) is 9.97 Å². The van der Waals surface area contributed by atoms with Crippen LogP contribution < -0.4 is 16.9 Å². The van der Waals surface area contributed by atoms with E-state index in [2.05, 4.69) is 25.9 Å². The van der Waals surface area contributed by atoms with Crippen molar-refractivity contribution in [1.29, 1.82) is 0 Å². The monoisotopic (exact) mass is 600 g/mol. The molecule has 12 heteroatoms. The van der Waals surface area contributed by atoms with Gasteiger partial charge in [-0.15, -0.1) is 0 Å². The van der Waals surface area contributed by atoms with Crippen LogP contribution in [-0.2, 0) is 0 Å². The summed E-state index contributed by atoms with van der Waals surface area (Å²) in [5.41, 5.74) is 14.4. The Hall–Kier alpha value is -2.04. The number of hydrogen-bond donors (Lipinski definition) is 4. The van der Waals surface area contributed by atoms with Crippen molar-refractivity contribution in [2.75, 3.05) is 11.5 Å². The van der Waals surface area contributed by atoms with E-state index >= 15 is 0 Å². The van der Waals surface area contributed by atoms with Crippen molar-refractivity contribution < 1.29 is 10.0 Å². The Labute approximate surface area is 225 Å². The summed E-state index contributed by atoms with van der Waals surface area (Å²) in [6.45, 7) is 0. The summed E-state index contributed by atoms with van der Waals surface area (Å²) in [5, 5.41) is 19.0. The maximum Gasteiger partial charge on any atom is 0.490 e. The highest BCUT2D eigenvalue weighted by molar-refractivity contribution is 9.10. The van der Waals surface area contributed by atoms with Gasteiger partial charge < -0.3 is 21.5 Å². The average molecular weight is 603 g/mol. The molecule has 0 saturated heterocycles. The summed E-state index contributed by atoms with van der Waals surface area (Å²) < 4.78 is 0.847. The van der Waals surface area contributed by atoms with Gasteiger partial charge in [-0.3, -0.25) is 9.97 Å². The molecule has 176 valence electrons. The number of aromatic nitrogens is 2. The molecule has 2 aromatic carbocycles. The normalized spacial score (nSPS) is 9.85. The zero-order valence-electron chi connectivity index (χ0n) is 17.3. The Morgan fingerprint density at radius 1 is 0.706 bits per heavy atom. The van der Waals surface area contributed by atoms with Gasteiger partial charge in [0.1, 0.15) is 0 Å². The van der Waals surface area contributed by atoms with Crippen molar-refractivity contribution in [3.8, 4) is 11.1 Å². The largest absolute Gasteiger partial charge is 0.490 e. The summed E-state index contributed by atoms with van der Waals surface area (Å²) in [5.74, 6) is 0. The lowest BCUT2D eigenvalue weighted by atomic mass is 9.80. The highest BCUT2D eigenvalue weighted by Gasteiger charge is 2.16. The quantitative estimate of drug-likeness (QED) is 0.218. The molecule has 0 aliphatic carbocycles. The summed E-state index contributed by atoms with van der Waals surface area (Å²) >= 11 is 26.5. The van der Waals surface area contributed by atoms with Gasteiger partial charge in [0.2, 0.25) is 0 Å². The first-order valence-corrected chi connectivity index (χ1v) is 11.7. The fourth-order valence-electron chi connectivity index (χ4n) is 2.45. The van der Waals surface area contributed by atoms with Crippen LogP contribution in [0.25, 0.3) is 11.1 Å². The summed E-state index contributed by atoms with van der Waals surface area (Å²) in [6.07, 6.45) is 6.62. The highest BCUT2D eigenvalue weighted by atomic mass is 79.9. The lowest BCUT2D eigenvalue weighted by Gasteiger charge is -2.07. The van der Waals surface area contributed by atoms with Crippen molar-refractivity contribution in [3.05, 3.63) is 97.9 Å². The molecule has 0 spiro atoms. The predicted molar refractivity (Wildman–Crippen MR) is 147 cm³/mol. The minimum absolute atomic E-state index is 0.184. The molecule has 2 heterocycles. The van der Waals surface area contributed by atoms with E-state index < -0.39 is 7.12 Å². The smallest absolute Gasteiger partial charge is 0.423 e. The molecule has 4 rings (SSSR count). The van der Waals surface area contributed by atoms with E-state index in [0.29, 0.717) is 20.8 Å². The van der Waals surface area contributed by atoms with E-state index in [1.54, 1.807) is 55.1 Å². The van der Waals surface area contributed by atoms with Gasteiger partial charge in [-0.25, -0.2) is 0 Å². The molecule has 0 bridgehead atoms. The highest BCUT2D eigenvalue weighted by Crippen LogP contribution is 2.35. The molecule has 0 radical (unpaired) electrons. The van der Waals surface area contributed by atoms with E-state index in [9.17, 15) is 0 Å². The summed E-state index contributed by atoms with van der Waals surface area (Å²) in [7, 11) is -1.57. The Bertz CT molecular complexity index is 1230. The molecule has 0 amide bonds. The second kappa shape index (κ2) is 13.8. The van der Waals surface area contributed by atoms with Crippen molar-refractivity contribution in [3.63, 3.8) is 0 Å². The lowest BCUT2D eigenvalue weighted by Crippen LogP contribution is -2.30. The average Bonchev–Trinajstić information content (AvgIpc) is 2.81. The topological polar surface area (TPSA) is 118 Å². The summed E-state index contributed by atoms with van der Waals surface area (Å²) in [6, 6.07) is 13.6. The zero-order valence-corrected chi connectivity index (χ0v) is 21.9. The Morgan fingerprint density at radius 2 is 1.26 bits per heavy atom. The maximum atomic E-state index is 8.74. The molecule has 0 aliphatic heterocycles. The maximum absolute atomic E-state index is 8.74. The molecule has 6 N–H and O–H groups in total. The zero-order chi connectivity index (χ0) is 25.3. The fourth-order valence-corrected chi connectivity index (χ4v) is 3.51. The Morgan fingerprint density at radius 3 is 1.76 bits per heavy atom. The molecule has 6 nitrogen and oxygen atoms in total. The van der Waals surface area contributed by atoms with Crippen LogP contribution >= 0.6 is 62.3 Å². The van der Waals surface area contributed by atoms with Gasteiger partial charge in [-0.2, -0.15) is 0 Å². The number of nitrogens with two attached hydrogens (primary N) is 2. The third kappa shape index (κ3) is 8.03. The van der Waals surface area contributed by atoms with Gasteiger partial charge in [-0.1, -0.05) is 70.7 Å². The third-order valence-electron chi connectivity index (χ3n) is 4.16. The number of halogens is 5. The number of nitrogen functional groups attached to an aromatic ring is 2.